The van der Waals surface area contributed by atoms with Crippen LogP contribution in [0.25, 0.3) is 0 Å². The van der Waals surface area contributed by atoms with Crippen molar-refractivity contribution in [3.8, 4) is 0 Å². The molecule has 0 saturated carbocycles. The van der Waals surface area contributed by atoms with Crippen LogP contribution >= 0.6 is 0 Å². The quantitative estimate of drug-likeness (QED) is 0.334. The lowest BCUT2D eigenvalue weighted by Crippen LogP contribution is -2.62. The van der Waals surface area contributed by atoms with Gasteiger partial charge in [-0.3, -0.25) is 4.79 Å². The van der Waals surface area contributed by atoms with Crippen LogP contribution in [-0.4, -0.2) is 77.9 Å². The Morgan fingerprint density at radius 1 is 1.16 bits per heavy atom. The summed E-state index contributed by atoms with van der Waals surface area (Å²) in [5.74, 6) is -2.46. The zero-order valence-corrected chi connectivity index (χ0v) is 26.7. The first-order valence-corrected chi connectivity index (χ1v) is 15.9. The second-order valence-corrected chi connectivity index (χ2v) is 13.5. The third kappa shape index (κ3) is 6.11. The third-order valence-corrected chi connectivity index (χ3v) is 10.1. The van der Waals surface area contributed by atoms with Gasteiger partial charge in [0, 0.05) is 20.0 Å². The van der Waals surface area contributed by atoms with Crippen molar-refractivity contribution in [1.82, 2.24) is 0 Å². The van der Waals surface area contributed by atoms with E-state index in [2.05, 4.69) is 32.9 Å². The normalized spacial score (nSPS) is 46.7. The zero-order chi connectivity index (χ0) is 31.1. The number of rotatable bonds is 2. The number of esters is 1. The van der Waals surface area contributed by atoms with Gasteiger partial charge in [0.25, 0.3) is 0 Å². The summed E-state index contributed by atoms with van der Waals surface area (Å²) in [6.07, 6.45) is 11.4. The van der Waals surface area contributed by atoms with Crippen molar-refractivity contribution in [3.63, 3.8) is 0 Å². The van der Waals surface area contributed by atoms with Crippen LogP contribution in [0.15, 0.2) is 58.7 Å². The van der Waals surface area contributed by atoms with Gasteiger partial charge in [0.2, 0.25) is 0 Å². The molecule has 0 aromatic heterocycles. The van der Waals surface area contributed by atoms with Gasteiger partial charge in [-0.25, -0.2) is 0 Å². The molecule has 0 aromatic carbocycles. The molecule has 5 aliphatic rings. The molecule has 0 radical (unpaired) electrons. The van der Waals surface area contributed by atoms with Crippen molar-refractivity contribution in [2.45, 2.75) is 122 Å². The Morgan fingerprint density at radius 2 is 1.93 bits per heavy atom. The standard InChI is InChI=1S/C35H50O8/c1-8-22(4)30-24(6)16-29(36)34(43-30)18-27-17-26(42-34)13-12-21(3)14-20(2)10-9-11-25-19-40-32-31(39-7)23(5)15-28(33(37)41-27)35(25,32)38/h8-12,15,20,24,26-32,36,38H,13-14,16-19H2,1-7H3/b10-9?,21-12+,22-8+,25-11+/t20-,24-,26+,27-,28-,29+,30+,31+,32+,34-,35+/m1/s1. The molecule has 238 valence electrons. The molecule has 3 fully saturated rings. The van der Waals surface area contributed by atoms with E-state index in [1.165, 1.54) is 5.57 Å². The lowest BCUT2D eigenvalue weighted by Gasteiger charge is -2.52. The Bertz CT molecular complexity index is 1210. The highest BCUT2D eigenvalue weighted by Crippen LogP contribution is 2.48. The van der Waals surface area contributed by atoms with E-state index in [0.29, 0.717) is 24.8 Å². The minimum absolute atomic E-state index is 0.104. The van der Waals surface area contributed by atoms with E-state index in [1.54, 1.807) is 13.2 Å². The van der Waals surface area contributed by atoms with Crippen molar-refractivity contribution in [3.05, 3.63) is 58.7 Å². The first-order chi connectivity index (χ1) is 20.4. The molecule has 4 heterocycles. The predicted octanol–water partition coefficient (Wildman–Crippen LogP) is 5.11. The summed E-state index contributed by atoms with van der Waals surface area (Å²) in [4.78, 5) is 14.1. The molecule has 0 aromatic rings. The molecular formula is C35H50O8. The number of methoxy groups -OCH3 is 1. The molecule has 2 bridgehead atoms. The van der Waals surface area contributed by atoms with Crippen LogP contribution in [0.1, 0.15) is 73.6 Å². The maximum Gasteiger partial charge on any atom is 0.316 e. The average Bonchev–Trinajstić information content (AvgIpc) is 3.29. The molecule has 8 nitrogen and oxygen atoms in total. The third-order valence-electron chi connectivity index (χ3n) is 10.1. The monoisotopic (exact) mass is 598 g/mol. The van der Waals surface area contributed by atoms with Crippen molar-refractivity contribution in [2.24, 2.45) is 17.8 Å². The maximum absolute atomic E-state index is 14.1. The van der Waals surface area contributed by atoms with Gasteiger partial charge in [-0.05, 0) is 75.5 Å². The molecule has 4 aliphatic heterocycles. The Labute approximate surface area is 256 Å². The number of allylic oxidation sites excluding steroid dienone is 5. The highest BCUT2D eigenvalue weighted by atomic mass is 16.7. The van der Waals surface area contributed by atoms with E-state index < -0.39 is 47.7 Å². The molecule has 0 amide bonds. The topological polar surface area (TPSA) is 104 Å². The summed E-state index contributed by atoms with van der Waals surface area (Å²) in [6.45, 7) is 12.4. The molecule has 0 unspecified atom stereocenters. The van der Waals surface area contributed by atoms with Crippen molar-refractivity contribution >= 4 is 5.97 Å². The minimum atomic E-state index is -1.62. The summed E-state index contributed by atoms with van der Waals surface area (Å²) < 4.78 is 31.4. The fourth-order valence-corrected chi connectivity index (χ4v) is 7.72. The van der Waals surface area contributed by atoms with Gasteiger partial charge in [0.15, 0.2) is 5.79 Å². The molecule has 3 saturated heterocycles. The van der Waals surface area contributed by atoms with Crippen LogP contribution in [0.3, 0.4) is 0 Å². The SMILES string of the molecule is C/C=C(\C)[C@@H]1O[C@]2(C[C@H]3C[C@H](C/C=C(\C)C[C@H](C)C=C/C=C4\CO[C@H]5[C@@H](OC)C(C)=C[C@H](C(=O)O3)[C@@]45O)O2)[C@@H](O)C[C@H]1C. The summed E-state index contributed by atoms with van der Waals surface area (Å²) in [7, 11) is 1.59. The van der Waals surface area contributed by atoms with E-state index in [0.717, 1.165) is 17.6 Å². The predicted molar refractivity (Wildman–Crippen MR) is 163 cm³/mol. The Morgan fingerprint density at radius 3 is 2.65 bits per heavy atom. The number of carbonyl (C=O) groups excluding carboxylic acids is 1. The van der Waals surface area contributed by atoms with E-state index in [4.69, 9.17) is 23.7 Å². The van der Waals surface area contributed by atoms with E-state index in [1.807, 2.05) is 39.0 Å². The zero-order valence-electron chi connectivity index (χ0n) is 26.7. The van der Waals surface area contributed by atoms with Gasteiger partial charge in [0.1, 0.15) is 35.9 Å². The summed E-state index contributed by atoms with van der Waals surface area (Å²) in [5.41, 5.74) is 2.12. The second-order valence-electron chi connectivity index (χ2n) is 13.5. The van der Waals surface area contributed by atoms with E-state index in [9.17, 15) is 15.0 Å². The van der Waals surface area contributed by atoms with Crippen LogP contribution < -0.4 is 0 Å². The molecule has 8 heteroatoms. The van der Waals surface area contributed by atoms with Crippen LogP contribution in [0.2, 0.25) is 0 Å². The molecule has 5 rings (SSSR count). The molecular weight excluding hydrogens is 548 g/mol. The molecule has 11 atom stereocenters. The summed E-state index contributed by atoms with van der Waals surface area (Å²) >= 11 is 0. The van der Waals surface area contributed by atoms with Crippen molar-refractivity contribution < 1.29 is 38.7 Å². The van der Waals surface area contributed by atoms with Crippen molar-refractivity contribution in [1.29, 1.82) is 0 Å². The number of hydrogen-bond acceptors (Lipinski definition) is 8. The van der Waals surface area contributed by atoms with E-state index in [-0.39, 0.29) is 37.1 Å². The van der Waals surface area contributed by atoms with Crippen LogP contribution in [0.5, 0.6) is 0 Å². The van der Waals surface area contributed by atoms with Crippen molar-refractivity contribution in [2.75, 3.05) is 13.7 Å². The Hall–Kier alpha value is -2.07. The van der Waals surface area contributed by atoms with Crippen LogP contribution in [0, 0.1) is 17.8 Å². The highest BCUT2D eigenvalue weighted by Gasteiger charge is 2.61. The Kier molecular flexibility index (Phi) is 9.58. The average molecular weight is 599 g/mol. The largest absolute Gasteiger partial charge is 0.462 e. The van der Waals surface area contributed by atoms with Gasteiger partial charge in [-0.2, -0.15) is 0 Å². The molecule has 1 aliphatic carbocycles. The highest BCUT2D eigenvalue weighted by molar-refractivity contribution is 5.78. The molecule has 2 N–H and O–H groups in total. The first kappa shape index (κ1) is 32.3. The fourth-order valence-electron chi connectivity index (χ4n) is 7.72. The first-order valence-electron chi connectivity index (χ1n) is 15.9. The van der Waals surface area contributed by atoms with Gasteiger partial charge >= 0.3 is 5.97 Å². The van der Waals surface area contributed by atoms with Gasteiger partial charge < -0.3 is 33.9 Å². The minimum Gasteiger partial charge on any atom is -0.462 e. The molecule has 1 spiro atoms. The number of fused-ring (bicyclic) bond motifs is 2. The smallest absolute Gasteiger partial charge is 0.316 e. The van der Waals surface area contributed by atoms with Crippen LogP contribution in [0.4, 0.5) is 0 Å². The summed E-state index contributed by atoms with van der Waals surface area (Å²) in [6, 6.07) is 0. The number of hydrogen-bond donors (Lipinski definition) is 2. The lowest BCUT2D eigenvalue weighted by molar-refractivity contribution is -0.363. The number of aliphatic hydroxyl groups is 2. The van der Waals surface area contributed by atoms with Gasteiger partial charge in [0.05, 0.1) is 18.8 Å². The fraction of sp³-hybridized carbons (Fsp3) is 0.686. The molecule has 43 heavy (non-hydrogen) atoms. The number of carbonyl (C=O) groups is 1. The second kappa shape index (κ2) is 12.7. The summed E-state index contributed by atoms with van der Waals surface area (Å²) in [5, 5.41) is 23.8. The van der Waals surface area contributed by atoms with Crippen LogP contribution in [-0.2, 0) is 28.5 Å². The maximum atomic E-state index is 14.1. The van der Waals surface area contributed by atoms with E-state index >= 15 is 0 Å². The number of aliphatic hydroxyl groups excluding tert-OH is 1. The Balaban J connectivity index is 1.54. The van der Waals surface area contributed by atoms with Gasteiger partial charge in [-0.15, -0.1) is 0 Å². The lowest BCUT2D eigenvalue weighted by atomic mass is 9.70. The number of ether oxygens (including phenoxy) is 5. The van der Waals surface area contributed by atoms with Gasteiger partial charge in [-0.1, -0.05) is 55.9 Å².